The molecule has 3 aromatic rings. The molecule has 0 saturated carbocycles. The summed E-state index contributed by atoms with van der Waals surface area (Å²) in [6, 6.07) is 14.8. The maximum Gasteiger partial charge on any atom is 0.225 e. The quantitative estimate of drug-likeness (QED) is 0.317. The minimum Gasteiger partial charge on any atom is -0.494 e. The SMILES string of the molecule is Cc1cc(C)cc(OCCCCn2c(CCCCCNC(=O)C(C)(C)C)nc3ccccc32)c1. The van der Waals surface area contributed by atoms with Crippen LogP contribution in [0, 0.1) is 19.3 Å². The van der Waals surface area contributed by atoms with Crippen molar-refractivity contribution in [1.29, 1.82) is 0 Å². The zero-order valence-electron chi connectivity index (χ0n) is 21.6. The number of unbranched alkanes of at least 4 members (excludes halogenated alkanes) is 3. The third kappa shape index (κ3) is 7.61. The average Bonchev–Trinajstić information content (AvgIpc) is 3.12. The van der Waals surface area contributed by atoms with E-state index >= 15 is 0 Å². The van der Waals surface area contributed by atoms with Crippen LogP contribution in [0.4, 0.5) is 0 Å². The fraction of sp³-hybridized carbons (Fsp3) is 0.517. The number of nitrogens with one attached hydrogen (secondary N) is 1. The summed E-state index contributed by atoms with van der Waals surface area (Å²) in [5.41, 5.74) is 4.43. The molecular formula is C29H41N3O2. The van der Waals surface area contributed by atoms with Crippen LogP contribution in [-0.2, 0) is 17.8 Å². The van der Waals surface area contributed by atoms with Crippen LogP contribution in [-0.4, -0.2) is 28.6 Å². The van der Waals surface area contributed by atoms with E-state index in [-0.39, 0.29) is 11.3 Å². The lowest BCUT2D eigenvalue weighted by Gasteiger charge is -2.17. The summed E-state index contributed by atoms with van der Waals surface area (Å²) in [5, 5.41) is 3.04. The maximum absolute atomic E-state index is 12.0. The number of imidazole rings is 1. The third-order valence-corrected chi connectivity index (χ3v) is 6.02. The van der Waals surface area contributed by atoms with Gasteiger partial charge in [0, 0.05) is 24.9 Å². The van der Waals surface area contributed by atoms with Crippen LogP contribution in [0.3, 0.4) is 0 Å². The lowest BCUT2D eigenvalue weighted by Crippen LogP contribution is -2.35. The molecule has 0 radical (unpaired) electrons. The molecule has 0 atom stereocenters. The molecule has 5 nitrogen and oxygen atoms in total. The van der Waals surface area contributed by atoms with Crippen molar-refractivity contribution in [3.63, 3.8) is 0 Å². The Morgan fingerprint density at radius 2 is 1.71 bits per heavy atom. The highest BCUT2D eigenvalue weighted by Crippen LogP contribution is 2.20. The molecule has 0 unspecified atom stereocenters. The predicted octanol–water partition coefficient (Wildman–Crippen LogP) is 6.39. The van der Waals surface area contributed by atoms with Gasteiger partial charge in [0.2, 0.25) is 5.91 Å². The molecule has 0 spiro atoms. The molecule has 0 fully saturated rings. The Balaban J connectivity index is 1.47. The normalized spacial score (nSPS) is 11.7. The summed E-state index contributed by atoms with van der Waals surface area (Å²) in [6.45, 7) is 12.5. The second-order valence-corrected chi connectivity index (χ2v) is 10.4. The number of aromatic nitrogens is 2. The molecule has 1 amide bonds. The zero-order chi connectivity index (χ0) is 24.6. The Kier molecular flexibility index (Phi) is 9.14. The van der Waals surface area contributed by atoms with Crippen LogP contribution in [0.25, 0.3) is 11.0 Å². The van der Waals surface area contributed by atoms with Crippen LogP contribution >= 0.6 is 0 Å². The minimum absolute atomic E-state index is 0.121. The number of hydrogen-bond acceptors (Lipinski definition) is 3. The van der Waals surface area contributed by atoms with Gasteiger partial charge in [-0.05, 0) is 74.9 Å². The highest BCUT2D eigenvalue weighted by molar-refractivity contribution is 5.81. The Bertz CT molecular complexity index is 1060. The van der Waals surface area contributed by atoms with E-state index in [0.29, 0.717) is 0 Å². The second-order valence-electron chi connectivity index (χ2n) is 10.4. The molecule has 3 rings (SSSR count). The van der Waals surface area contributed by atoms with Gasteiger partial charge in [-0.25, -0.2) is 4.98 Å². The van der Waals surface area contributed by atoms with E-state index in [4.69, 9.17) is 9.72 Å². The van der Waals surface area contributed by atoms with Crippen molar-refractivity contribution < 1.29 is 9.53 Å². The molecule has 0 saturated heterocycles. The van der Waals surface area contributed by atoms with Crippen LogP contribution in [0.1, 0.15) is 69.8 Å². The van der Waals surface area contributed by atoms with Gasteiger partial charge in [-0.2, -0.15) is 0 Å². The maximum atomic E-state index is 12.0. The number of carbonyl (C=O) groups is 1. The largest absolute Gasteiger partial charge is 0.494 e. The van der Waals surface area contributed by atoms with Gasteiger partial charge in [0.1, 0.15) is 11.6 Å². The summed E-state index contributed by atoms with van der Waals surface area (Å²) in [7, 11) is 0. The van der Waals surface area contributed by atoms with E-state index in [0.717, 1.165) is 75.3 Å². The summed E-state index contributed by atoms with van der Waals surface area (Å²) in [4.78, 5) is 16.9. The molecule has 0 bridgehead atoms. The number of nitrogens with zero attached hydrogens (tertiary/aromatic N) is 2. The lowest BCUT2D eigenvalue weighted by molar-refractivity contribution is -0.128. The molecule has 184 valence electrons. The molecule has 0 aliphatic heterocycles. The van der Waals surface area contributed by atoms with E-state index in [1.807, 2.05) is 20.8 Å². The molecule has 0 aliphatic rings. The van der Waals surface area contributed by atoms with Crippen LogP contribution in [0.15, 0.2) is 42.5 Å². The number of hydrogen-bond donors (Lipinski definition) is 1. The highest BCUT2D eigenvalue weighted by atomic mass is 16.5. The summed E-state index contributed by atoms with van der Waals surface area (Å²) < 4.78 is 8.37. The number of amides is 1. The third-order valence-electron chi connectivity index (χ3n) is 6.02. The number of rotatable bonds is 12. The van der Waals surface area contributed by atoms with Crippen LogP contribution in [0.2, 0.25) is 0 Å². The molecule has 1 heterocycles. The Morgan fingerprint density at radius 3 is 2.44 bits per heavy atom. The summed E-state index contributed by atoms with van der Waals surface area (Å²) >= 11 is 0. The first kappa shape index (κ1) is 25.8. The van der Waals surface area contributed by atoms with Crippen LogP contribution < -0.4 is 10.1 Å². The van der Waals surface area contributed by atoms with E-state index in [2.05, 4.69) is 66.2 Å². The van der Waals surface area contributed by atoms with Crippen molar-refractivity contribution in [3.8, 4) is 5.75 Å². The van der Waals surface area contributed by atoms with Gasteiger partial charge in [-0.3, -0.25) is 4.79 Å². The standard InChI is InChI=1S/C29H41N3O2/c1-22-19-23(2)21-24(20-22)34-18-12-11-17-32-26-14-9-8-13-25(26)31-27(32)15-7-6-10-16-30-28(33)29(3,4)5/h8-9,13-14,19-21H,6-7,10-12,15-18H2,1-5H3,(H,30,33). The predicted molar refractivity (Wildman–Crippen MR) is 140 cm³/mol. The van der Waals surface area contributed by atoms with E-state index in [1.54, 1.807) is 0 Å². The molecule has 0 aliphatic carbocycles. The Labute approximate surface area is 204 Å². The van der Waals surface area contributed by atoms with Gasteiger partial charge in [-0.15, -0.1) is 0 Å². The smallest absolute Gasteiger partial charge is 0.225 e. The first-order valence-corrected chi connectivity index (χ1v) is 12.7. The van der Waals surface area contributed by atoms with Gasteiger partial charge in [0.25, 0.3) is 0 Å². The number of aryl methyl sites for hydroxylation is 4. The van der Waals surface area contributed by atoms with Gasteiger partial charge in [0.05, 0.1) is 17.6 Å². The summed E-state index contributed by atoms with van der Waals surface area (Å²) in [5.74, 6) is 2.25. The van der Waals surface area contributed by atoms with Gasteiger partial charge < -0.3 is 14.6 Å². The number of para-hydroxylation sites is 2. The summed E-state index contributed by atoms with van der Waals surface area (Å²) in [6.07, 6.45) is 6.17. The van der Waals surface area contributed by atoms with Crippen molar-refractivity contribution in [2.45, 2.75) is 79.7 Å². The minimum atomic E-state index is -0.325. The van der Waals surface area contributed by atoms with E-state index in [1.165, 1.54) is 16.6 Å². The molecule has 5 heteroatoms. The lowest BCUT2D eigenvalue weighted by atomic mass is 9.96. The molecule has 34 heavy (non-hydrogen) atoms. The first-order chi connectivity index (χ1) is 16.2. The monoisotopic (exact) mass is 463 g/mol. The number of benzene rings is 2. The fourth-order valence-electron chi connectivity index (χ4n) is 4.20. The van der Waals surface area contributed by atoms with Crippen molar-refractivity contribution in [1.82, 2.24) is 14.9 Å². The first-order valence-electron chi connectivity index (χ1n) is 12.7. The number of fused-ring (bicyclic) bond motifs is 1. The van der Waals surface area contributed by atoms with Gasteiger partial charge >= 0.3 is 0 Å². The highest BCUT2D eigenvalue weighted by Gasteiger charge is 2.20. The Morgan fingerprint density at radius 1 is 0.971 bits per heavy atom. The van der Waals surface area contributed by atoms with E-state index < -0.39 is 0 Å². The van der Waals surface area contributed by atoms with E-state index in [9.17, 15) is 4.79 Å². The van der Waals surface area contributed by atoms with Crippen molar-refractivity contribution in [2.24, 2.45) is 5.41 Å². The number of ether oxygens (including phenoxy) is 1. The molecule has 2 aromatic carbocycles. The zero-order valence-corrected chi connectivity index (χ0v) is 21.6. The topological polar surface area (TPSA) is 56.1 Å². The van der Waals surface area contributed by atoms with Crippen molar-refractivity contribution in [3.05, 3.63) is 59.4 Å². The van der Waals surface area contributed by atoms with Gasteiger partial charge in [0.15, 0.2) is 0 Å². The molecule has 1 aromatic heterocycles. The fourth-order valence-corrected chi connectivity index (χ4v) is 4.20. The van der Waals surface area contributed by atoms with Crippen molar-refractivity contribution >= 4 is 16.9 Å². The van der Waals surface area contributed by atoms with Crippen molar-refractivity contribution in [2.75, 3.05) is 13.2 Å². The molecular weight excluding hydrogens is 422 g/mol. The average molecular weight is 464 g/mol. The van der Waals surface area contributed by atoms with Gasteiger partial charge in [-0.1, -0.05) is 45.4 Å². The number of carbonyl (C=O) groups excluding carboxylic acids is 1. The molecule has 1 N–H and O–H groups in total. The Hall–Kier alpha value is -2.82. The second kappa shape index (κ2) is 12.0. The van der Waals surface area contributed by atoms with Crippen LogP contribution in [0.5, 0.6) is 5.75 Å².